The minimum absolute atomic E-state index is 0.0487. The summed E-state index contributed by atoms with van der Waals surface area (Å²) in [5, 5.41) is 0.329. The molecule has 14 heavy (non-hydrogen) atoms. The maximum absolute atomic E-state index is 11.4. The second-order valence-electron chi connectivity index (χ2n) is 2.97. The lowest BCUT2D eigenvalue weighted by Crippen LogP contribution is -1.98. The molecule has 0 atom stereocenters. The van der Waals surface area contributed by atoms with E-state index in [9.17, 15) is 4.79 Å². The summed E-state index contributed by atoms with van der Waals surface area (Å²) in [6.45, 7) is 1.78. The van der Waals surface area contributed by atoms with Crippen molar-refractivity contribution in [1.29, 1.82) is 0 Å². The lowest BCUT2D eigenvalue weighted by molar-refractivity contribution is 0.102. The molecule has 0 spiro atoms. The number of Topliss-reactive ketones (excluding diaryl/α,β-unsaturated/α-hetero) is 1. The van der Waals surface area contributed by atoms with Crippen LogP contribution in [0.4, 0.5) is 0 Å². The first-order valence-electron chi connectivity index (χ1n) is 4.17. The highest BCUT2D eigenvalue weighted by molar-refractivity contribution is 9.09. The zero-order valence-corrected chi connectivity index (χ0v) is 9.17. The van der Waals surface area contributed by atoms with Crippen LogP contribution in [0.15, 0.2) is 22.6 Å². The zero-order valence-electron chi connectivity index (χ0n) is 7.58. The number of carbonyl (C=O) groups excluding carboxylic acids is 1. The number of aryl methyl sites for hydroxylation is 1. The van der Waals surface area contributed by atoms with Gasteiger partial charge < -0.3 is 4.42 Å². The summed E-state index contributed by atoms with van der Waals surface area (Å²) in [5.41, 5.74) is 2.10. The van der Waals surface area contributed by atoms with E-state index in [1.165, 1.54) is 0 Å². The third-order valence-corrected chi connectivity index (χ3v) is 2.45. The standard InChI is InChI=1S/C10H8BrNO2/c1-6-12-8-4-7(9(13)5-11)2-3-10(8)14-6/h2-4H,5H2,1H3. The highest BCUT2D eigenvalue weighted by atomic mass is 79.9. The number of halogens is 1. The summed E-state index contributed by atoms with van der Waals surface area (Å²) >= 11 is 3.13. The van der Waals surface area contributed by atoms with Crippen LogP contribution in [0.2, 0.25) is 0 Å². The molecule has 2 aromatic rings. The summed E-state index contributed by atoms with van der Waals surface area (Å²) < 4.78 is 5.30. The molecule has 72 valence electrons. The van der Waals surface area contributed by atoms with Crippen molar-refractivity contribution in [2.75, 3.05) is 5.33 Å². The van der Waals surface area contributed by atoms with Crippen molar-refractivity contribution in [3.8, 4) is 0 Å². The van der Waals surface area contributed by atoms with Crippen molar-refractivity contribution in [1.82, 2.24) is 4.98 Å². The molecule has 4 heteroatoms. The van der Waals surface area contributed by atoms with Gasteiger partial charge in [0, 0.05) is 12.5 Å². The number of carbonyl (C=O) groups is 1. The van der Waals surface area contributed by atoms with Crippen LogP contribution in [0.5, 0.6) is 0 Å². The van der Waals surface area contributed by atoms with Crippen molar-refractivity contribution >= 4 is 32.8 Å². The minimum Gasteiger partial charge on any atom is -0.441 e. The van der Waals surface area contributed by atoms with Crippen molar-refractivity contribution in [3.63, 3.8) is 0 Å². The van der Waals surface area contributed by atoms with Gasteiger partial charge in [0.05, 0.1) is 5.33 Å². The third-order valence-electron chi connectivity index (χ3n) is 1.94. The predicted octanol–water partition coefficient (Wildman–Crippen LogP) is 2.71. The molecule has 1 aromatic heterocycles. The van der Waals surface area contributed by atoms with E-state index in [4.69, 9.17) is 4.42 Å². The first-order chi connectivity index (χ1) is 6.70. The van der Waals surface area contributed by atoms with Gasteiger partial charge in [-0.15, -0.1) is 0 Å². The van der Waals surface area contributed by atoms with E-state index in [2.05, 4.69) is 20.9 Å². The normalized spacial score (nSPS) is 10.7. The second kappa shape index (κ2) is 3.53. The van der Waals surface area contributed by atoms with Crippen LogP contribution in [-0.2, 0) is 0 Å². The lowest BCUT2D eigenvalue weighted by atomic mass is 10.1. The summed E-state index contributed by atoms with van der Waals surface area (Å²) in [6.07, 6.45) is 0. The Kier molecular flexibility index (Phi) is 2.37. The molecule has 1 heterocycles. The number of alkyl halides is 1. The molecule has 3 nitrogen and oxygen atoms in total. The maximum atomic E-state index is 11.4. The van der Waals surface area contributed by atoms with Gasteiger partial charge in [-0.3, -0.25) is 4.79 Å². The van der Waals surface area contributed by atoms with Crippen LogP contribution in [-0.4, -0.2) is 16.1 Å². The van der Waals surface area contributed by atoms with E-state index in [1.807, 2.05) is 0 Å². The molecule has 0 fully saturated rings. The molecule has 0 aliphatic carbocycles. The van der Waals surface area contributed by atoms with Crippen molar-refractivity contribution in [3.05, 3.63) is 29.7 Å². The number of aromatic nitrogens is 1. The minimum atomic E-state index is 0.0487. The molecule has 0 bridgehead atoms. The van der Waals surface area contributed by atoms with Gasteiger partial charge >= 0.3 is 0 Å². The molecular formula is C10H8BrNO2. The summed E-state index contributed by atoms with van der Waals surface area (Å²) in [7, 11) is 0. The van der Waals surface area contributed by atoms with Crippen molar-refractivity contribution < 1.29 is 9.21 Å². The average Bonchev–Trinajstić information content (AvgIpc) is 2.55. The number of hydrogen-bond acceptors (Lipinski definition) is 3. The molecule has 0 N–H and O–H groups in total. The van der Waals surface area contributed by atoms with Gasteiger partial charge in [0.1, 0.15) is 5.52 Å². The lowest BCUT2D eigenvalue weighted by Gasteiger charge is -1.94. The molecule has 2 rings (SSSR count). The fourth-order valence-electron chi connectivity index (χ4n) is 1.29. The number of rotatable bonds is 2. The molecule has 0 aliphatic rings. The first-order valence-corrected chi connectivity index (χ1v) is 5.29. The van der Waals surface area contributed by atoms with E-state index < -0.39 is 0 Å². The highest BCUT2D eigenvalue weighted by Crippen LogP contribution is 2.17. The Morgan fingerprint density at radius 3 is 3.07 bits per heavy atom. The van der Waals surface area contributed by atoms with Crippen LogP contribution in [0.3, 0.4) is 0 Å². The topological polar surface area (TPSA) is 43.1 Å². The molecule has 0 unspecified atom stereocenters. The van der Waals surface area contributed by atoms with Crippen molar-refractivity contribution in [2.24, 2.45) is 0 Å². The Balaban J connectivity index is 2.55. The van der Waals surface area contributed by atoms with Gasteiger partial charge in [-0.25, -0.2) is 4.98 Å². The number of oxazole rings is 1. The average molecular weight is 254 g/mol. The van der Waals surface area contributed by atoms with Gasteiger partial charge in [-0.1, -0.05) is 15.9 Å². The van der Waals surface area contributed by atoms with E-state index >= 15 is 0 Å². The Bertz CT molecular complexity index is 490. The van der Waals surface area contributed by atoms with Crippen molar-refractivity contribution in [2.45, 2.75) is 6.92 Å². The Labute approximate surface area is 89.3 Å². The zero-order chi connectivity index (χ0) is 10.1. The smallest absolute Gasteiger partial charge is 0.192 e. The summed E-state index contributed by atoms with van der Waals surface area (Å²) in [5.74, 6) is 0.663. The summed E-state index contributed by atoms with van der Waals surface area (Å²) in [6, 6.07) is 5.26. The van der Waals surface area contributed by atoms with Crippen LogP contribution >= 0.6 is 15.9 Å². The van der Waals surface area contributed by atoms with Crippen LogP contribution in [0.25, 0.3) is 11.1 Å². The van der Waals surface area contributed by atoms with E-state index in [0.717, 1.165) is 5.52 Å². The largest absolute Gasteiger partial charge is 0.441 e. The number of benzene rings is 1. The van der Waals surface area contributed by atoms with E-state index in [-0.39, 0.29) is 5.78 Å². The molecule has 0 saturated carbocycles. The summed E-state index contributed by atoms with van der Waals surface area (Å²) in [4.78, 5) is 15.5. The monoisotopic (exact) mass is 253 g/mol. The molecule has 0 radical (unpaired) electrons. The fraction of sp³-hybridized carbons (Fsp3) is 0.200. The van der Waals surface area contributed by atoms with Gasteiger partial charge in [-0.05, 0) is 18.2 Å². The molecule has 0 amide bonds. The number of nitrogens with zero attached hydrogens (tertiary/aromatic N) is 1. The van der Waals surface area contributed by atoms with Crippen LogP contribution in [0.1, 0.15) is 16.2 Å². The molecule has 1 aromatic carbocycles. The number of ketones is 1. The van der Waals surface area contributed by atoms with Gasteiger partial charge in [-0.2, -0.15) is 0 Å². The van der Waals surface area contributed by atoms with Crippen LogP contribution in [0, 0.1) is 6.92 Å². The molecular weight excluding hydrogens is 246 g/mol. The van der Waals surface area contributed by atoms with Gasteiger partial charge in [0.2, 0.25) is 0 Å². The molecule has 0 saturated heterocycles. The highest BCUT2D eigenvalue weighted by Gasteiger charge is 2.07. The SMILES string of the molecule is Cc1nc2cc(C(=O)CBr)ccc2o1. The van der Waals surface area contributed by atoms with Gasteiger partial charge in [0.25, 0.3) is 0 Å². The molecule has 0 aliphatic heterocycles. The van der Waals surface area contributed by atoms with Crippen LogP contribution < -0.4 is 0 Å². The quantitative estimate of drug-likeness (QED) is 0.611. The fourth-order valence-corrected chi connectivity index (χ4v) is 1.62. The third kappa shape index (κ3) is 1.57. The number of hydrogen-bond donors (Lipinski definition) is 0. The van der Waals surface area contributed by atoms with Gasteiger partial charge in [0.15, 0.2) is 17.3 Å². The number of fused-ring (bicyclic) bond motifs is 1. The van der Waals surface area contributed by atoms with E-state index in [0.29, 0.717) is 22.4 Å². The Morgan fingerprint density at radius 1 is 1.57 bits per heavy atom. The Morgan fingerprint density at radius 2 is 2.36 bits per heavy atom. The second-order valence-corrected chi connectivity index (χ2v) is 3.53. The maximum Gasteiger partial charge on any atom is 0.192 e. The van der Waals surface area contributed by atoms with E-state index in [1.54, 1.807) is 25.1 Å². The first kappa shape index (κ1) is 9.40. The predicted molar refractivity (Wildman–Crippen MR) is 56.9 cm³/mol. The Hall–Kier alpha value is -1.16.